The van der Waals surface area contributed by atoms with E-state index in [4.69, 9.17) is 9.84 Å². The number of fused-ring (bicyclic) bond motifs is 1. The zero-order valence-electron chi connectivity index (χ0n) is 11.1. The topological polar surface area (TPSA) is 75.2 Å². The van der Waals surface area contributed by atoms with Gasteiger partial charge in [-0.3, -0.25) is 0 Å². The zero-order valence-corrected chi connectivity index (χ0v) is 11.1. The number of carboxylic acids is 1. The van der Waals surface area contributed by atoms with E-state index in [1.807, 2.05) is 0 Å². The first-order valence-electron chi connectivity index (χ1n) is 6.15. The summed E-state index contributed by atoms with van der Waals surface area (Å²) in [5.41, 5.74) is 2.07. The monoisotopic (exact) mass is 286 g/mol. The highest BCUT2D eigenvalue weighted by molar-refractivity contribution is 5.93. The lowest BCUT2D eigenvalue weighted by atomic mass is 10.2. The molecular weight excluding hydrogens is 275 g/mol. The van der Waals surface area contributed by atoms with Gasteiger partial charge in [0.2, 0.25) is 0 Å². The second-order valence-corrected chi connectivity index (χ2v) is 4.47. The van der Waals surface area contributed by atoms with E-state index in [0.29, 0.717) is 22.4 Å². The summed E-state index contributed by atoms with van der Waals surface area (Å²) in [7, 11) is 1.39. The number of hydrogen-bond acceptors (Lipinski definition) is 3. The molecule has 0 fully saturated rings. The maximum absolute atomic E-state index is 13.4. The molecule has 0 saturated carbocycles. The number of methoxy groups -OCH3 is 1. The number of H-pyrrole nitrogens is 1. The molecule has 1 heterocycles. The number of imidazole rings is 1. The van der Waals surface area contributed by atoms with Gasteiger partial charge in [0, 0.05) is 5.56 Å². The minimum absolute atomic E-state index is 0.124. The van der Waals surface area contributed by atoms with Crippen molar-refractivity contribution in [1.82, 2.24) is 9.97 Å². The fraction of sp³-hybridized carbons (Fsp3) is 0.0667. The summed E-state index contributed by atoms with van der Waals surface area (Å²) in [5, 5.41) is 8.97. The molecule has 2 aromatic carbocycles. The number of ether oxygens (including phenoxy) is 1. The molecule has 6 heteroatoms. The molecule has 1 aromatic heterocycles. The summed E-state index contributed by atoms with van der Waals surface area (Å²) in [5.74, 6) is -0.813. The van der Waals surface area contributed by atoms with Gasteiger partial charge in [0.15, 0.2) is 11.6 Å². The minimum Gasteiger partial charge on any atom is -0.494 e. The summed E-state index contributed by atoms with van der Waals surface area (Å²) < 4.78 is 18.3. The molecular formula is C15H11FN2O3. The van der Waals surface area contributed by atoms with E-state index in [0.717, 1.165) is 0 Å². The van der Waals surface area contributed by atoms with Crippen LogP contribution in [0.4, 0.5) is 4.39 Å². The van der Waals surface area contributed by atoms with Crippen molar-refractivity contribution in [1.29, 1.82) is 0 Å². The molecule has 0 aliphatic rings. The molecule has 2 N–H and O–H groups in total. The van der Waals surface area contributed by atoms with Gasteiger partial charge >= 0.3 is 5.97 Å². The van der Waals surface area contributed by atoms with Crippen molar-refractivity contribution in [2.24, 2.45) is 0 Å². The van der Waals surface area contributed by atoms with Crippen LogP contribution in [-0.4, -0.2) is 28.2 Å². The minimum atomic E-state index is -1.00. The lowest BCUT2D eigenvalue weighted by molar-refractivity contribution is 0.0697. The van der Waals surface area contributed by atoms with E-state index in [1.54, 1.807) is 12.1 Å². The number of benzene rings is 2. The van der Waals surface area contributed by atoms with Gasteiger partial charge in [0.1, 0.15) is 5.82 Å². The highest BCUT2D eigenvalue weighted by Crippen LogP contribution is 2.26. The molecule has 0 amide bonds. The van der Waals surface area contributed by atoms with Crippen molar-refractivity contribution < 1.29 is 19.0 Å². The average molecular weight is 286 g/mol. The summed E-state index contributed by atoms with van der Waals surface area (Å²) in [6.45, 7) is 0. The largest absolute Gasteiger partial charge is 0.494 e. The van der Waals surface area contributed by atoms with E-state index >= 15 is 0 Å². The smallest absolute Gasteiger partial charge is 0.335 e. The first-order chi connectivity index (χ1) is 10.1. The highest BCUT2D eigenvalue weighted by Gasteiger charge is 2.11. The Labute approximate surface area is 119 Å². The maximum atomic E-state index is 13.4. The Morgan fingerprint density at radius 1 is 1.29 bits per heavy atom. The number of nitrogens with zero attached hydrogens (tertiary/aromatic N) is 1. The molecule has 3 rings (SSSR count). The van der Waals surface area contributed by atoms with E-state index < -0.39 is 11.8 Å². The van der Waals surface area contributed by atoms with Crippen LogP contribution in [0.5, 0.6) is 5.75 Å². The molecule has 3 aromatic rings. The van der Waals surface area contributed by atoms with Crippen molar-refractivity contribution >= 4 is 17.0 Å². The Morgan fingerprint density at radius 2 is 2.10 bits per heavy atom. The third kappa shape index (κ3) is 2.31. The Hall–Kier alpha value is -2.89. The fourth-order valence-electron chi connectivity index (χ4n) is 2.09. The molecule has 21 heavy (non-hydrogen) atoms. The van der Waals surface area contributed by atoms with Crippen LogP contribution in [0.25, 0.3) is 22.4 Å². The molecule has 0 radical (unpaired) electrons. The summed E-state index contributed by atoms with van der Waals surface area (Å²) >= 11 is 0. The number of aromatic nitrogens is 2. The van der Waals surface area contributed by atoms with Gasteiger partial charge in [-0.2, -0.15) is 0 Å². The molecule has 106 valence electrons. The molecule has 0 spiro atoms. The van der Waals surface area contributed by atoms with Crippen LogP contribution in [0.3, 0.4) is 0 Å². The van der Waals surface area contributed by atoms with E-state index in [9.17, 15) is 9.18 Å². The van der Waals surface area contributed by atoms with Crippen molar-refractivity contribution in [2.75, 3.05) is 7.11 Å². The summed E-state index contributed by atoms with van der Waals surface area (Å²) in [6.07, 6.45) is 0. The van der Waals surface area contributed by atoms with Crippen LogP contribution in [0, 0.1) is 5.82 Å². The van der Waals surface area contributed by atoms with E-state index in [1.165, 1.54) is 31.4 Å². The lowest BCUT2D eigenvalue weighted by Gasteiger charge is -2.03. The van der Waals surface area contributed by atoms with Gasteiger partial charge in [-0.1, -0.05) is 0 Å². The van der Waals surface area contributed by atoms with Crippen LogP contribution in [-0.2, 0) is 0 Å². The van der Waals surface area contributed by atoms with Gasteiger partial charge in [0.25, 0.3) is 0 Å². The first kappa shape index (κ1) is 13.1. The Kier molecular flexibility index (Phi) is 3.06. The zero-order chi connectivity index (χ0) is 15.0. The van der Waals surface area contributed by atoms with Gasteiger partial charge in [-0.15, -0.1) is 0 Å². The third-order valence-corrected chi connectivity index (χ3v) is 3.15. The SMILES string of the molecule is COc1cc(-c2nc3ccc(C(=O)O)cc3[nH]2)ccc1F. The second-order valence-electron chi connectivity index (χ2n) is 4.47. The van der Waals surface area contributed by atoms with Gasteiger partial charge in [-0.05, 0) is 36.4 Å². The Balaban J connectivity index is 2.10. The molecule has 0 saturated heterocycles. The molecule has 5 nitrogen and oxygen atoms in total. The Bertz CT molecular complexity index is 842. The normalized spacial score (nSPS) is 10.8. The number of aromatic carboxylic acids is 1. The van der Waals surface area contributed by atoms with Crippen LogP contribution in [0.15, 0.2) is 36.4 Å². The van der Waals surface area contributed by atoms with Crippen LogP contribution in [0.2, 0.25) is 0 Å². The summed E-state index contributed by atoms with van der Waals surface area (Å²) in [6, 6.07) is 9.03. The number of nitrogens with one attached hydrogen (secondary N) is 1. The first-order valence-corrected chi connectivity index (χ1v) is 6.15. The van der Waals surface area contributed by atoms with Crippen LogP contribution < -0.4 is 4.74 Å². The van der Waals surface area contributed by atoms with Gasteiger partial charge < -0.3 is 14.8 Å². The standard InChI is InChI=1S/C15H11FN2O3/c1-21-13-7-8(2-4-10(13)16)14-17-11-5-3-9(15(19)20)6-12(11)18-14/h2-7H,1H3,(H,17,18)(H,19,20). The predicted octanol–water partition coefficient (Wildman–Crippen LogP) is 3.08. The van der Waals surface area contributed by atoms with Gasteiger partial charge in [-0.25, -0.2) is 14.2 Å². The molecule has 0 atom stereocenters. The van der Waals surface area contributed by atoms with Crippen molar-refractivity contribution in [2.45, 2.75) is 0 Å². The average Bonchev–Trinajstić information content (AvgIpc) is 2.90. The number of hydrogen-bond donors (Lipinski definition) is 2. The van der Waals surface area contributed by atoms with E-state index in [-0.39, 0.29) is 11.3 Å². The Morgan fingerprint density at radius 3 is 2.81 bits per heavy atom. The summed E-state index contributed by atoms with van der Waals surface area (Å²) in [4.78, 5) is 18.3. The molecule has 0 aliphatic carbocycles. The van der Waals surface area contributed by atoms with Gasteiger partial charge in [0.05, 0.1) is 23.7 Å². The number of aromatic amines is 1. The fourth-order valence-corrected chi connectivity index (χ4v) is 2.09. The van der Waals surface area contributed by atoms with Crippen molar-refractivity contribution in [3.8, 4) is 17.1 Å². The quantitative estimate of drug-likeness (QED) is 0.776. The number of carboxylic acid groups (broad SMARTS) is 1. The highest BCUT2D eigenvalue weighted by atomic mass is 19.1. The van der Waals surface area contributed by atoms with Crippen molar-refractivity contribution in [3.05, 3.63) is 47.8 Å². The molecule has 0 unspecified atom stereocenters. The predicted molar refractivity (Wildman–Crippen MR) is 75.0 cm³/mol. The van der Waals surface area contributed by atoms with Crippen LogP contribution in [0.1, 0.15) is 10.4 Å². The molecule has 0 bridgehead atoms. The molecule has 0 aliphatic heterocycles. The number of carbonyl (C=O) groups is 1. The lowest BCUT2D eigenvalue weighted by Crippen LogP contribution is -1.94. The third-order valence-electron chi connectivity index (χ3n) is 3.15. The van der Waals surface area contributed by atoms with E-state index in [2.05, 4.69) is 9.97 Å². The van der Waals surface area contributed by atoms with Crippen LogP contribution >= 0.6 is 0 Å². The number of rotatable bonds is 3. The van der Waals surface area contributed by atoms with Crippen molar-refractivity contribution in [3.63, 3.8) is 0 Å². The number of halogens is 1. The maximum Gasteiger partial charge on any atom is 0.335 e. The second kappa shape index (κ2) is 4.90.